The molecule has 2 aliphatic rings. The van der Waals surface area contributed by atoms with Crippen molar-refractivity contribution >= 4 is 17.2 Å². The highest BCUT2D eigenvalue weighted by atomic mass is 32.1. The lowest BCUT2D eigenvalue weighted by Gasteiger charge is -2.42. The van der Waals surface area contributed by atoms with E-state index in [1.54, 1.807) is 11.3 Å². The van der Waals surface area contributed by atoms with Gasteiger partial charge in [0.1, 0.15) is 0 Å². The molecule has 1 amide bonds. The van der Waals surface area contributed by atoms with Crippen LogP contribution in [0.5, 0.6) is 0 Å². The molecule has 1 aromatic carbocycles. The zero-order valence-corrected chi connectivity index (χ0v) is 18.2. The van der Waals surface area contributed by atoms with E-state index in [1.807, 2.05) is 24.0 Å². The molecule has 6 heteroatoms. The van der Waals surface area contributed by atoms with Crippen molar-refractivity contribution in [3.05, 3.63) is 76.2 Å². The van der Waals surface area contributed by atoms with E-state index in [2.05, 4.69) is 62.1 Å². The number of rotatable bonds is 5. The van der Waals surface area contributed by atoms with Crippen LogP contribution in [0.15, 0.2) is 59.4 Å². The second-order valence-electron chi connectivity index (χ2n) is 8.71. The zero-order chi connectivity index (χ0) is 20.6. The molecule has 0 radical (unpaired) electrons. The molecule has 5 rings (SSSR count). The monoisotopic (exact) mass is 420 g/mol. The molecule has 30 heavy (non-hydrogen) atoms. The van der Waals surface area contributed by atoms with Crippen LogP contribution in [0.4, 0.5) is 0 Å². The Kier molecular flexibility index (Phi) is 5.21. The van der Waals surface area contributed by atoms with Crippen molar-refractivity contribution < 1.29 is 4.79 Å². The highest BCUT2D eigenvalue weighted by Gasteiger charge is 2.55. The minimum Gasteiger partial charge on any atom is -0.338 e. The molecule has 3 aromatic rings. The Balaban J connectivity index is 1.46. The number of hydrogen-bond donors (Lipinski definition) is 0. The summed E-state index contributed by atoms with van der Waals surface area (Å²) >= 11 is 1.74. The normalized spacial score (nSPS) is 24.8. The van der Waals surface area contributed by atoms with Gasteiger partial charge in [0.15, 0.2) is 0 Å². The van der Waals surface area contributed by atoms with Crippen LogP contribution >= 0.6 is 11.3 Å². The predicted molar refractivity (Wildman–Crippen MR) is 119 cm³/mol. The first-order chi connectivity index (χ1) is 14.7. The number of carbonyl (C=O) groups is 1. The molecule has 1 spiro atoms. The van der Waals surface area contributed by atoms with Gasteiger partial charge >= 0.3 is 0 Å². The fraction of sp³-hybridized carbons (Fsp3) is 0.417. The van der Waals surface area contributed by atoms with Crippen molar-refractivity contribution in [2.75, 3.05) is 19.6 Å². The Hall–Kier alpha value is -2.44. The first kappa shape index (κ1) is 19.5. The second-order valence-corrected chi connectivity index (χ2v) is 9.49. The summed E-state index contributed by atoms with van der Waals surface area (Å²) < 4.78 is 1.96. The number of nitrogens with zero attached hydrogens (tertiary/aromatic N) is 4. The summed E-state index contributed by atoms with van der Waals surface area (Å²) in [7, 11) is 2.00. The van der Waals surface area contributed by atoms with E-state index in [0.717, 1.165) is 39.0 Å². The molecule has 0 aliphatic carbocycles. The van der Waals surface area contributed by atoms with Gasteiger partial charge in [0, 0.05) is 57.6 Å². The summed E-state index contributed by atoms with van der Waals surface area (Å²) in [6, 6.07) is 14.7. The average molecular weight is 421 g/mol. The number of likely N-dealkylation sites (tertiary alicyclic amines) is 2. The summed E-state index contributed by atoms with van der Waals surface area (Å²) in [5.41, 5.74) is 3.35. The van der Waals surface area contributed by atoms with E-state index >= 15 is 0 Å². The second kappa shape index (κ2) is 8.00. The third-order valence-corrected chi connectivity index (χ3v) is 7.53. The van der Waals surface area contributed by atoms with Crippen LogP contribution in [-0.4, -0.2) is 45.1 Å². The van der Waals surface area contributed by atoms with Crippen molar-refractivity contribution in [2.24, 2.45) is 12.5 Å². The smallest absolute Gasteiger partial charge is 0.231 e. The quantitative estimate of drug-likeness (QED) is 0.629. The number of aromatic nitrogens is 2. The number of piperidine rings is 1. The van der Waals surface area contributed by atoms with Gasteiger partial charge in [-0.2, -0.15) is 16.4 Å². The molecule has 0 saturated carbocycles. The van der Waals surface area contributed by atoms with Gasteiger partial charge in [-0.1, -0.05) is 30.3 Å². The fourth-order valence-electron chi connectivity index (χ4n) is 5.40. The maximum atomic E-state index is 14.0. The van der Waals surface area contributed by atoms with Gasteiger partial charge in [0.05, 0.1) is 5.41 Å². The molecule has 156 valence electrons. The minimum atomic E-state index is -0.364. The first-order valence-electron chi connectivity index (χ1n) is 10.7. The Bertz CT molecular complexity index is 999. The first-order valence-corrected chi connectivity index (χ1v) is 11.6. The van der Waals surface area contributed by atoms with E-state index in [1.165, 1.54) is 16.8 Å². The standard InChI is InChI=1S/C24H28N4OS/c1-26-22(8-11-25-26)21-16-27(14-20-9-13-30-17-20)18-24(21)10-5-12-28(23(24)29)15-19-6-3-2-4-7-19/h2-4,6-9,11,13,17,21H,5,10,12,14-16,18H2,1H3/t21-,24+/m0/s1. The van der Waals surface area contributed by atoms with E-state index in [4.69, 9.17) is 0 Å². The van der Waals surface area contributed by atoms with E-state index in [0.29, 0.717) is 12.5 Å². The van der Waals surface area contributed by atoms with Gasteiger partial charge in [-0.25, -0.2) is 0 Å². The summed E-state index contributed by atoms with van der Waals surface area (Å²) in [4.78, 5) is 18.6. The molecule has 2 aromatic heterocycles. The van der Waals surface area contributed by atoms with Crippen molar-refractivity contribution in [3.63, 3.8) is 0 Å². The number of amides is 1. The maximum absolute atomic E-state index is 14.0. The van der Waals surface area contributed by atoms with Crippen LogP contribution in [-0.2, 0) is 24.9 Å². The summed E-state index contributed by atoms with van der Waals surface area (Å²) in [6.45, 7) is 4.18. The van der Waals surface area contributed by atoms with Gasteiger partial charge < -0.3 is 4.90 Å². The third kappa shape index (κ3) is 3.48. The minimum absolute atomic E-state index is 0.176. The Morgan fingerprint density at radius 3 is 2.73 bits per heavy atom. The van der Waals surface area contributed by atoms with Gasteiger partial charge in [-0.15, -0.1) is 0 Å². The molecule has 2 aliphatic heterocycles. The van der Waals surface area contributed by atoms with Gasteiger partial charge in [0.25, 0.3) is 0 Å². The molecule has 5 nitrogen and oxygen atoms in total. The van der Waals surface area contributed by atoms with Crippen LogP contribution < -0.4 is 0 Å². The van der Waals surface area contributed by atoms with E-state index in [9.17, 15) is 4.79 Å². The highest BCUT2D eigenvalue weighted by Crippen LogP contribution is 2.49. The van der Waals surface area contributed by atoms with Crippen LogP contribution in [0.1, 0.15) is 35.6 Å². The SMILES string of the molecule is Cn1nccc1[C@@H]1CN(Cc2ccsc2)C[C@]12CCCN(Cc1ccccc1)C2=O. The highest BCUT2D eigenvalue weighted by molar-refractivity contribution is 7.07. The van der Waals surface area contributed by atoms with Crippen molar-refractivity contribution in [1.29, 1.82) is 0 Å². The lowest BCUT2D eigenvalue weighted by Crippen LogP contribution is -2.52. The summed E-state index contributed by atoms with van der Waals surface area (Å²) in [5.74, 6) is 0.492. The zero-order valence-electron chi connectivity index (χ0n) is 17.4. The van der Waals surface area contributed by atoms with Crippen molar-refractivity contribution in [2.45, 2.75) is 31.8 Å². The van der Waals surface area contributed by atoms with Crippen molar-refractivity contribution in [3.8, 4) is 0 Å². The average Bonchev–Trinajstić information content (AvgIpc) is 3.48. The Labute approximate surface area is 181 Å². The van der Waals surface area contributed by atoms with Gasteiger partial charge in [0.2, 0.25) is 5.91 Å². The Morgan fingerprint density at radius 1 is 1.13 bits per heavy atom. The fourth-order valence-corrected chi connectivity index (χ4v) is 6.06. The van der Waals surface area contributed by atoms with Gasteiger partial charge in [-0.05, 0) is 46.9 Å². The number of hydrogen-bond acceptors (Lipinski definition) is 4. The summed E-state index contributed by atoms with van der Waals surface area (Å²) in [5, 5.41) is 8.78. The third-order valence-electron chi connectivity index (χ3n) is 6.80. The summed E-state index contributed by atoms with van der Waals surface area (Å²) in [6.07, 6.45) is 3.87. The van der Waals surface area contributed by atoms with E-state index < -0.39 is 0 Å². The topological polar surface area (TPSA) is 41.4 Å². The predicted octanol–water partition coefficient (Wildman–Crippen LogP) is 3.89. The van der Waals surface area contributed by atoms with E-state index in [-0.39, 0.29) is 11.3 Å². The van der Waals surface area contributed by atoms with Crippen LogP contribution in [0.25, 0.3) is 0 Å². The molecular formula is C24H28N4OS. The Morgan fingerprint density at radius 2 is 2.00 bits per heavy atom. The molecule has 2 fully saturated rings. The number of thiophene rings is 1. The van der Waals surface area contributed by atoms with Crippen LogP contribution in [0, 0.1) is 5.41 Å². The van der Waals surface area contributed by atoms with Crippen LogP contribution in [0.2, 0.25) is 0 Å². The van der Waals surface area contributed by atoms with Crippen LogP contribution in [0.3, 0.4) is 0 Å². The number of benzene rings is 1. The molecule has 4 heterocycles. The molecule has 2 atom stereocenters. The van der Waals surface area contributed by atoms with Crippen molar-refractivity contribution in [1.82, 2.24) is 19.6 Å². The maximum Gasteiger partial charge on any atom is 0.231 e. The number of aryl methyl sites for hydroxylation is 1. The molecule has 2 saturated heterocycles. The largest absolute Gasteiger partial charge is 0.338 e. The van der Waals surface area contributed by atoms with Gasteiger partial charge in [-0.3, -0.25) is 14.4 Å². The molecule has 0 unspecified atom stereocenters. The number of carbonyl (C=O) groups excluding carboxylic acids is 1. The molecular weight excluding hydrogens is 392 g/mol. The lowest BCUT2D eigenvalue weighted by molar-refractivity contribution is -0.147. The molecule has 0 bridgehead atoms. The molecule has 0 N–H and O–H groups in total. The lowest BCUT2D eigenvalue weighted by atomic mass is 9.70.